The van der Waals surface area contributed by atoms with Crippen LogP contribution in [0.3, 0.4) is 0 Å². The van der Waals surface area contributed by atoms with Gasteiger partial charge in [0, 0.05) is 63.3 Å². The van der Waals surface area contributed by atoms with Gasteiger partial charge >= 0.3 is 6.09 Å². The summed E-state index contributed by atoms with van der Waals surface area (Å²) in [6.07, 6.45) is 0.0881. The molecule has 2 aromatic rings. The van der Waals surface area contributed by atoms with Gasteiger partial charge in [0.15, 0.2) is 11.5 Å². The summed E-state index contributed by atoms with van der Waals surface area (Å²) in [4.78, 5) is 30.0. The van der Waals surface area contributed by atoms with E-state index in [0.717, 1.165) is 0 Å². The summed E-state index contributed by atoms with van der Waals surface area (Å²) in [6.45, 7) is 10.3. The predicted octanol–water partition coefficient (Wildman–Crippen LogP) is 4.46. The zero-order chi connectivity index (χ0) is 33.4. The molecule has 1 heterocycles. The van der Waals surface area contributed by atoms with E-state index < -0.39 is 39.5 Å². The van der Waals surface area contributed by atoms with Gasteiger partial charge < -0.3 is 28.7 Å². The average molecular weight is 652 g/mol. The summed E-state index contributed by atoms with van der Waals surface area (Å²) in [5, 5.41) is 0. The van der Waals surface area contributed by atoms with Crippen LogP contribution in [0.4, 0.5) is 9.18 Å². The summed E-state index contributed by atoms with van der Waals surface area (Å²) in [7, 11) is -0.766. The standard InChI is InChI=1S/C32H46FN3O8S/c1-22(2)36(30(37)24-11-14-28(42-7)29(17-24)43-16-8-15-41-6)19-25-18-35(31(38)44-32(3,4)5)20-27(25)34-45(39,40)21-23-9-12-26(33)13-10-23/h9-14,17,22,25,27,34H,8,15-16,18-21H2,1-7H3/t25-,27-/m0/s1. The van der Waals surface area contributed by atoms with Crippen molar-refractivity contribution in [2.45, 2.75) is 64.5 Å². The molecule has 1 aliphatic rings. The van der Waals surface area contributed by atoms with Crippen LogP contribution in [0.15, 0.2) is 42.5 Å². The molecule has 45 heavy (non-hydrogen) atoms. The lowest BCUT2D eigenvalue weighted by Gasteiger charge is -2.31. The largest absolute Gasteiger partial charge is 0.493 e. The smallest absolute Gasteiger partial charge is 0.410 e. The minimum atomic E-state index is -3.90. The monoisotopic (exact) mass is 651 g/mol. The van der Waals surface area contributed by atoms with Crippen molar-refractivity contribution in [1.82, 2.24) is 14.5 Å². The molecule has 0 spiro atoms. The van der Waals surface area contributed by atoms with Crippen LogP contribution in [0.2, 0.25) is 0 Å². The van der Waals surface area contributed by atoms with Crippen LogP contribution in [0.1, 0.15) is 57.0 Å². The van der Waals surface area contributed by atoms with Crippen LogP contribution in [0.5, 0.6) is 11.5 Å². The quantitative estimate of drug-likeness (QED) is 0.297. The van der Waals surface area contributed by atoms with E-state index >= 15 is 0 Å². The van der Waals surface area contributed by atoms with E-state index in [1.165, 1.54) is 36.3 Å². The summed E-state index contributed by atoms with van der Waals surface area (Å²) >= 11 is 0. The highest BCUT2D eigenvalue weighted by molar-refractivity contribution is 7.88. The fourth-order valence-corrected chi connectivity index (χ4v) is 6.44. The van der Waals surface area contributed by atoms with E-state index in [-0.39, 0.29) is 37.3 Å². The Kier molecular flexibility index (Phi) is 12.6. The Hall–Kier alpha value is -3.42. The number of nitrogens with zero attached hydrogens (tertiary/aromatic N) is 2. The van der Waals surface area contributed by atoms with Crippen molar-refractivity contribution >= 4 is 22.0 Å². The van der Waals surface area contributed by atoms with E-state index in [4.69, 9.17) is 18.9 Å². The molecule has 0 bridgehead atoms. The van der Waals surface area contributed by atoms with Gasteiger partial charge in [0.25, 0.3) is 5.91 Å². The third-order valence-electron chi connectivity index (χ3n) is 7.17. The summed E-state index contributed by atoms with van der Waals surface area (Å²) in [6, 6.07) is 9.24. The van der Waals surface area contributed by atoms with Crippen molar-refractivity contribution in [1.29, 1.82) is 0 Å². The SMILES string of the molecule is COCCCOc1cc(C(=O)N(C[C@@H]2CN(C(=O)OC(C)(C)C)C[C@@H]2NS(=O)(=O)Cc2ccc(F)cc2)C(C)C)ccc1OC. The number of hydrogen-bond acceptors (Lipinski definition) is 8. The summed E-state index contributed by atoms with van der Waals surface area (Å²) in [5.74, 6) is -0.651. The number of carbonyl (C=O) groups is 2. The maximum absolute atomic E-state index is 13.9. The summed E-state index contributed by atoms with van der Waals surface area (Å²) < 4.78 is 64.5. The van der Waals surface area contributed by atoms with Crippen LogP contribution in [-0.2, 0) is 25.2 Å². The maximum Gasteiger partial charge on any atom is 0.410 e. The molecule has 0 saturated carbocycles. The van der Waals surface area contributed by atoms with E-state index in [2.05, 4.69) is 4.72 Å². The number of hydrogen-bond donors (Lipinski definition) is 1. The van der Waals surface area contributed by atoms with E-state index in [0.29, 0.717) is 42.3 Å². The number of ether oxygens (including phenoxy) is 4. The van der Waals surface area contributed by atoms with Crippen LogP contribution >= 0.6 is 0 Å². The highest BCUT2D eigenvalue weighted by Crippen LogP contribution is 2.30. The number of rotatable bonds is 14. The third kappa shape index (κ3) is 10.9. The Morgan fingerprint density at radius 3 is 2.33 bits per heavy atom. The minimum absolute atomic E-state index is 0.0599. The van der Waals surface area contributed by atoms with Gasteiger partial charge in [-0.1, -0.05) is 12.1 Å². The number of halogens is 1. The number of methoxy groups -OCH3 is 2. The van der Waals surface area contributed by atoms with Crippen molar-refractivity contribution < 1.29 is 41.3 Å². The topological polar surface area (TPSA) is 124 Å². The first-order chi connectivity index (χ1) is 21.1. The lowest BCUT2D eigenvalue weighted by Crippen LogP contribution is -2.47. The molecule has 2 aromatic carbocycles. The zero-order valence-electron chi connectivity index (χ0n) is 27.2. The lowest BCUT2D eigenvalue weighted by atomic mass is 10.0. The highest BCUT2D eigenvalue weighted by Gasteiger charge is 2.41. The van der Waals surface area contributed by atoms with Crippen molar-refractivity contribution in [2.24, 2.45) is 5.92 Å². The first-order valence-corrected chi connectivity index (χ1v) is 16.6. The van der Waals surface area contributed by atoms with Gasteiger partial charge in [-0.2, -0.15) is 0 Å². The van der Waals surface area contributed by atoms with Crippen LogP contribution in [0, 0.1) is 11.7 Å². The second-order valence-electron chi connectivity index (χ2n) is 12.4. The van der Waals surface area contributed by atoms with Gasteiger partial charge in [-0.25, -0.2) is 22.3 Å². The molecule has 1 saturated heterocycles. The van der Waals surface area contributed by atoms with Gasteiger partial charge in [-0.15, -0.1) is 0 Å². The number of likely N-dealkylation sites (tertiary alicyclic amines) is 1. The second kappa shape index (κ2) is 15.7. The van der Waals surface area contributed by atoms with Crippen molar-refractivity contribution in [2.75, 3.05) is 47.1 Å². The minimum Gasteiger partial charge on any atom is -0.493 e. The molecule has 0 radical (unpaired) electrons. The van der Waals surface area contributed by atoms with Crippen molar-refractivity contribution in [3.63, 3.8) is 0 Å². The van der Waals surface area contributed by atoms with Crippen molar-refractivity contribution in [3.8, 4) is 11.5 Å². The number of sulfonamides is 1. The molecule has 2 atom stereocenters. The average Bonchev–Trinajstić information content (AvgIpc) is 3.35. The van der Waals surface area contributed by atoms with E-state index in [1.807, 2.05) is 13.8 Å². The van der Waals surface area contributed by atoms with Crippen LogP contribution in [0.25, 0.3) is 0 Å². The maximum atomic E-state index is 13.9. The van der Waals surface area contributed by atoms with E-state index in [1.54, 1.807) is 51.0 Å². The number of nitrogens with one attached hydrogen (secondary N) is 1. The second-order valence-corrected chi connectivity index (χ2v) is 14.1. The van der Waals surface area contributed by atoms with Crippen LogP contribution < -0.4 is 14.2 Å². The molecule has 250 valence electrons. The molecule has 1 fully saturated rings. The van der Waals surface area contributed by atoms with Gasteiger partial charge in [0.05, 0.1) is 19.5 Å². The Balaban J connectivity index is 1.85. The number of amides is 2. The van der Waals surface area contributed by atoms with Crippen molar-refractivity contribution in [3.05, 3.63) is 59.4 Å². The van der Waals surface area contributed by atoms with Gasteiger partial charge in [-0.3, -0.25) is 4.79 Å². The Morgan fingerprint density at radius 1 is 1.04 bits per heavy atom. The fourth-order valence-electron chi connectivity index (χ4n) is 4.99. The van der Waals surface area contributed by atoms with Gasteiger partial charge in [0.2, 0.25) is 10.0 Å². The molecular weight excluding hydrogens is 605 g/mol. The molecule has 1 N–H and O–H groups in total. The molecule has 0 aromatic heterocycles. The molecule has 11 nitrogen and oxygen atoms in total. The molecule has 1 aliphatic heterocycles. The third-order valence-corrected chi connectivity index (χ3v) is 8.55. The number of benzene rings is 2. The Bertz CT molecular complexity index is 1400. The van der Waals surface area contributed by atoms with Gasteiger partial charge in [0.1, 0.15) is 11.4 Å². The fraction of sp³-hybridized carbons (Fsp3) is 0.562. The Labute approximate surface area is 266 Å². The predicted molar refractivity (Wildman–Crippen MR) is 168 cm³/mol. The highest BCUT2D eigenvalue weighted by atomic mass is 32.2. The lowest BCUT2D eigenvalue weighted by molar-refractivity contribution is 0.0283. The molecule has 3 rings (SSSR count). The number of carbonyl (C=O) groups excluding carboxylic acids is 2. The van der Waals surface area contributed by atoms with Crippen LogP contribution in [-0.4, -0.2) is 95.0 Å². The first kappa shape index (κ1) is 36.1. The molecule has 0 unspecified atom stereocenters. The molecular formula is C32H46FN3O8S. The molecule has 0 aliphatic carbocycles. The normalized spacial score (nSPS) is 17.0. The zero-order valence-corrected chi connectivity index (χ0v) is 28.0. The van der Waals surface area contributed by atoms with Gasteiger partial charge in [-0.05, 0) is 70.5 Å². The first-order valence-electron chi connectivity index (χ1n) is 15.0. The molecule has 13 heteroatoms. The summed E-state index contributed by atoms with van der Waals surface area (Å²) in [5.41, 5.74) is 0.0487. The van der Waals surface area contributed by atoms with E-state index in [9.17, 15) is 22.4 Å². The molecule has 2 amide bonds. The Morgan fingerprint density at radius 2 is 1.73 bits per heavy atom.